The minimum atomic E-state index is -0.356. The number of furan rings is 1. The molecule has 1 heterocycles. The van der Waals surface area contributed by atoms with Gasteiger partial charge in [0.2, 0.25) is 0 Å². The lowest BCUT2D eigenvalue weighted by Gasteiger charge is -2.04. The molecule has 0 saturated carbocycles. The summed E-state index contributed by atoms with van der Waals surface area (Å²) in [7, 11) is 0. The number of carbonyl (C=O) groups is 1. The van der Waals surface area contributed by atoms with Crippen molar-refractivity contribution in [2.24, 2.45) is 15.2 Å². The summed E-state index contributed by atoms with van der Waals surface area (Å²) in [5.74, 6) is -0.0929. The van der Waals surface area contributed by atoms with E-state index in [9.17, 15) is 9.90 Å². The van der Waals surface area contributed by atoms with Crippen LogP contribution in [0.5, 0.6) is 5.75 Å². The third kappa shape index (κ3) is 5.27. The quantitative estimate of drug-likeness (QED) is 0.246. The number of amides is 1. The molecular weight excluding hydrogens is 428 g/mol. The van der Waals surface area contributed by atoms with Crippen LogP contribution >= 0.6 is 11.6 Å². The van der Waals surface area contributed by atoms with Crippen LogP contribution in [0.15, 0.2) is 105 Å². The lowest BCUT2D eigenvalue weighted by atomic mass is 10.2. The van der Waals surface area contributed by atoms with Gasteiger partial charge in [0.1, 0.15) is 11.4 Å². The van der Waals surface area contributed by atoms with Gasteiger partial charge in [-0.2, -0.15) is 5.11 Å². The molecule has 7 nitrogen and oxygen atoms in total. The van der Waals surface area contributed by atoms with Gasteiger partial charge >= 0.3 is 0 Å². The Morgan fingerprint density at radius 1 is 0.938 bits per heavy atom. The third-order valence-corrected chi connectivity index (χ3v) is 4.66. The molecule has 8 heteroatoms. The Bertz CT molecular complexity index is 1300. The fourth-order valence-corrected chi connectivity index (χ4v) is 2.93. The number of nitrogens with zero attached hydrogens (tertiary/aromatic N) is 3. The molecule has 0 aliphatic rings. The zero-order valence-corrected chi connectivity index (χ0v) is 17.4. The molecule has 4 aromatic rings. The molecule has 0 atom stereocenters. The number of rotatable bonds is 6. The number of halogens is 1. The summed E-state index contributed by atoms with van der Waals surface area (Å²) < 4.78 is 5.09. The third-order valence-electron chi connectivity index (χ3n) is 4.34. The SMILES string of the molecule is O=C(Nc1cccc(N=Cc2cc(N=Nc3ccccc3Cl)ccc2O)c1)c1ccco1. The van der Waals surface area contributed by atoms with Gasteiger partial charge in [-0.15, -0.1) is 5.11 Å². The maximum atomic E-state index is 12.1. The number of azo groups is 1. The molecule has 0 spiro atoms. The van der Waals surface area contributed by atoms with Gasteiger partial charge in [-0.1, -0.05) is 29.8 Å². The minimum Gasteiger partial charge on any atom is -0.507 e. The van der Waals surface area contributed by atoms with Crippen LogP contribution < -0.4 is 5.32 Å². The van der Waals surface area contributed by atoms with Crippen LogP contribution in [0.3, 0.4) is 0 Å². The van der Waals surface area contributed by atoms with Gasteiger partial charge in [0, 0.05) is 17.5 Å². The molecule has 2 N–H and O–H groups in total. The van der Waals surface area contributed by atoms with Crippen LogP contribution in [0.25, 0.3) is 0 Å². The molecule has 32 heavy (non-hydrogen) atoms. The molecule has 0 unspecified atom stereocenters. The van der Waals surface area contributed by atoms with Crippen molar-refractivity contribution in [1.82, 2.24) is 0 Å². The zero-order valence-electron chi connectivity index (χ0n) is 16.6. The second-order valence-electron chi connectivity index (χ2n) is 6.63. The van der Waals surface area contributed by atoms with E-state index >= 15 is 0 Å². The number of aromatic hydroxyl groups is 1. The Morgan fingerprint density at radius 2 is 1.81 bits per heavy atom. The first-order chi connectivity index (χ1) is 15.6. The molecule has 0 fully saturated rings. The number of hydrogen-bond donors (Lipinski definition) is 2. The predicted molar refractivity (Wildman–Crippen MR) is 124 cm³/mol. The molecule has 1 aromatic heterocycles. The summed E-state index contributed by atoms with van der Waals surface area (Å²) in [6, 6.07) is 22.1. The second-order valence-corrected chi connectivity index (χ2v) is 7.04. The highest BCUT2D eigenvalue weighted by Crippen LogP contribution is 2.28. The topological polar surface area (TPSA) is 99.6 Å². The van der Waals surface area contributed by atoms with E-state index in [1.165, 1.54) is 18.5 Å². The Balaban J connectivity index is 1.50. The van der Waals surface area contributed by atoms with Crippen molar-refractivity contribution in [3.05, 3.63) is 101 Å². The first-order valence-electron chi connectivity index (χ1n) is 9.57. The van der Waals surface area contributed by atoms with Crippen LogP contribution in [0.1, 0.15) is 16.1 Å². The highest BCUT2D eigenvalue weighted by Gasteiger charge is 2.08. The fraction of sp³-hybridized carbons (Fsp3) is 0. The van der Waals surface area contributed by atoms with E-state index < -0.39 is 0 Å². The van der Waals surface area contributed by atoms with Gasteiger partial charge in [0.15, 0.2) is 5.76 Å². The van der Waals surface area contributed by atoms with E-state index in [1.54, 1.807) is 60.7 Å². The van der Waals surface area contributed by atoms with E-state index in [4.69, 9.17) is 16.0 Å². The molecule has 0 bridgehead atoms. The summed E-state index contributed by atoms with van der Waals surface area (Å²) in [6.45, 7) is 0. The fourth-order valence-electron chi connectivity index (χ4n) is 2.76. The Kier molecular flexibility index (Phi) is 6.38. The highest BCUT2D eigenvalue weighted by atomic mass is 35.5. The van der Waals surface area contributed by atoms with Crippen molar-refractivity contribution in [3.63, 3.8) is 0 Å². The van der Waals surface area contributed by atoms with Crippen molar-refractivity contribution < 1.29 is 14.3 Å². The van der Waals surface area contributed by atoms with Crippen LogP contribution in [-0.2, 0) is 0 Å². The number of nitrogens with one attached hydrogen (secondary N) is 1. The van der Waals surface area contributed by atoms with Gasteiger partial charge in [-0.05, 0) is 60.7 Å². The molecule has 0 aliphatic heterocycles. The molecule has 0 aliphatic carbocycles. The van der Waals surface area contributed by atoms with Crippen molar-refractivity contribution in [2.75, 3.05) is 5.32 Å². The van der Waals surface area contributed by atoms with Crippen LogP contribution in [0.4, 0.5) is 22.7 Å². The van der Waals surface area contributed by atoms with Crippen molar-refractivity contribution in [1.29, 1.82) is 0 Å². The maximum Gasteiger partial charge on any atom is 0.291 e. The first-order valence-corrected chi connectivity index (χ1v) is 9.94. The van der Waals surface area contributed by atoms with Gasteiger partial charge in [0.25, 0.3) is 5.91 Å². The zero-order chi connectivity index (χ0) is 22.3. The molecule has 4 rings (SSSR count). The number of phenolic OH excluding ortho intramolecular Hbond substituents is 1. The lowest BCUT2D eigenvalue weighted by molar-refractivity contribution is 0.0996. The monoisotopic (exact) mass is 444 g/mol. The number of phenols is 1. The highest BCUT2D eigenvalue weighted by molar-refractivity contribution is 6.32. The summed E-state index contributed by atoms with van der Waals surface area (Å²) >= 11 is 6.09. The Morgan fingerprint density at radius 3 is 2.62 bits per heavy atom. The van der Waals surface area contributed by atoms with Crippen molar-refractivity contribution in [3.8, 4) is 5.75 Å². The number of anilines is 1. The Hall–Kier alpha value is -4.23. The van der Waals surface area contributed by atoms with E-state index in [0.717, 1.165) is 0 Å². The number of carbonyl (C=O) groups excluding carboxylic acids is 1. The standard InChI is InChI=1S/C24H17ClN4O3/c25-20-7-1-2-8-21(20)29-28-19-10-11-22(30)16(13-19)15-26-17-5-3-6-18(14-17)27-24(31)23-9-4-12-32-23/h1-15,30H,(H,27,31). The number of hydrogen-bond acceptors (Lipinski definition) is 6. The maximum absolute atomic E-state index is 12.1. The van der Waals surface area contributed by atoms with Gasteiger partial charge in [0.05, 0.1) is 22.7 Å². The second kappa shape index (κ2) is 9.72. The van der Waals surface area contributed by atoms with Crippen molar-refractivity contribution in [2.45, 2.75) is 0 Å². The largest absolute Gasteiger partial charge is 0.507 e. The summed E-state index contributed by atoms with van der Waals surface area (Å²) in [5.41, 5.74) is 2.69. The van der Waals surface area contributed by atoms with Crippen LogP contribution in [0.2, 0.25) is 5.02 Å². The average molecular weight is 445 g/mol. The summed E-state index contributed by atoms with van der Waals surface area (Å²) in [6.07, 6.45) is 2.95. The molecule has 0 radical (unpaired) electrons. The van der Waals surface area contributed by atoms with Crippen LogP contribution in [0, 0.1) is 0 Å². The first kappa shape index (κ1) is 21.0. The Labute approximate surface area is 188 Å². The van der Waals surface area contributed by atoms with Crippen molar-refractivity contribution >= 4 is 46.5 Å². The molecule has 1 amide bonds. The number of benzene rings is 3. The summed E-state index contributed by atoms with van der Waals surface area (Å²) in [4.78, 5) is 16.5. The van der Waals surface area contributed by atoms with E-state index in [1.807, 2.05) is 12.1 Å². The van der Waals surface area contributed by atoms with Gasteiger partial charge in [-0.25, -0.2) is 0 Å². The minimum absolute atomic E-state index is 0.0488. The molecule has 158 valence electrons. The lowest BCUT2D eigenvalue weighted by Crippen LogP contribution is -2.10. The van der Waals surface area contributed by atoms with E-state index in [2.05, 4.69) is 20.5 Å². The smallest absolute Gasteiger partial charge is 0.291 e. The summed E-state index contributed by atoms with van der Waals surface area (Å²) in [5, 5.41) is 21.7. The van der Waals surface area contributed by atoms with Crippen LogP contribution in [-0.4, -0.2) is 17.2 Å². The van der Waals surface area contributed by atoms with Gasteiger partial charge < -0.3 is 14.8 Å². The normalized spacial score (nSPS) is 11.3. The molecule has 3 aromatic carbocycles. The van der Waals surface area contributed by atoms with Gasteiger partial charge in [-0.3, -0.25) is 9.79 Å². The predicted octanol–water partition coefficient (Wildman–Crippen LogP) is 7.06. The molecule has 0 saturated heterocycles. The number of aliphatic imine (C=N–C) groups is 1. The van der Waals surface area contributed by atoms with E-state index in [0.29, 0.717) is 33.3 Å². The average Bonchev–Trinajstić information content (AvgIpc) is 3.34. The molecular formula is C24H17ClN4O3. The van der Waals surface area contributed by atoms with E-state index in [-0.39, 0.29) is 17.4 Å².